The fourth-order valence-electron chi connectivity index (χ4n) is 3.09. The molecule has 0 N–H and O–H groups in total. The summed E-state index contributed by atoms with van der Waals surface area (Å²) >= 11 is 3.38. The molecule has 0 unspecified atom stereocenters. The fourth-order valence-corrected chi connectivity index (χ4v) is 4.90. The topological polar surface area (TPSA) is 59.0 Å². The zero-order valence-electron chi connectivity index (χ0n) is 17.1. The molecule has 1 amide bonds. The van der Waals surface area contributed by atoms with Gasteiger partial charge in [0.15, 0.2) is 0 Å². The molecule has 0 fully saturated rings. The van der Waals surface area contributed by atoms with Crippen molar-refractivity contribution >= 4 is 29.0 Å². The van der Waals surface area contributed by atoms with Gasteiger partial charge in [-0.2, -0.15) is 0 Å². The van der Waals surface area contributed by atoms with Crippen molar-refractivity contribution < 1.29 is 4.79 Å². The van der Waals surface area contributed by atoms with Crippen LogP contribution in [0.5, 0.6) is 0 Å². The minimum absolute atomic E-state index is 0.00424. The van der Waals surface area contributed by atoms with Gasteiger partial charge in [0.1, 0.15) is 4.34 Å². The predicted molar refractivity (Wildman–Crippen MR) is 125 cm³/mol. The molecule has 4 rings (SSSR count). The van der Waals surface area contributed by atoms with Crippen LogP contribution in [0.2, 0.25) is 0 Å². The summed E-state index contributed by atoms with van der Waals surface area (Å²) < 4.78 is 1.07. The SMILES string of the molecule is Cc1csc(SCc2ccc(C(=O)N(Cc3ccncc3)Cc3cccnc3)cc2)n1. The lowest BCUT2D eigenvalue weighted by molar-refractivity contribution is 0.0730. The highest BCUT2D eigenvalue weighted by molar-refractivity contribution is 8.00. The molecule has 0 saturated heterocycles. The average Bonchev–Trinajstić information content (AvgIpc) is 3.23. The highest BCUT2D eigenvalue weighted by Gasteiger charge is 2.17. The second-order valence-corrected chi connectivity index (χ2v) is 9.20. The van der Waals surface area contributed by atoms with Gasteiger partial charge in [-0.05, 0) is 53.9 Å². The first-order valence-electron chi connectivity index (χ1n) is 9.88. The number of carbonyl (C=O) groups is 1. The van der Waals surface area contributed by atoms with Crippen LogP contribution >= 0.6 is 23.1 Å². The third-order valence-corrected chi connectivity index (χ3v) is 6.88. The molecular weight excluding hydrogens is 424 g/mol. The Morgan fingerprint density at radius 3 is 2.39 bits per heavy atom. The summed E-state index contributed by atoms with van der Waals surface area (Å²) in [6.07, 6.45) is 7.03. The molecule has 0 atom stereocenters. The number of benzene rings is 1. The van der Waals surface area contributed by atoms with E-state index in [0.29, 0.717) is 18.7 Å². The summed E-state index contributed by atoms with van der Waals surface area (Å²) in [5, 5.41) is 2.06. The molecule has 0 saturated carbocycles. The van der Waals surface area contributed by atoms with E-state index in [1.54, 1.807) is 47.9 Å². The van der Waals surface area contributed by atoms with Crippen LogP contribution in [-0.2, 0) is 18.8 Å². The molecule has 1 aromatic carbocycles. The first-order chi connectivity index (χ1) is 15.2. The number of thioether (sulfide) groups is 1. The molecule has 4 aromatic rings. The van der Waals surface area contributed by atoms with E-state index in [-0.39, 0.29) is 5.91 Å². The van der Waals surface area contributed by atoms with Crippen molar-refractivity contribution in [1.29, 1.82) is 0 Å². The Hall–Kier alpha value is -3.03. The van der Waals surface area contributed by atoms with Gasteiger partial charge in [-0.15, -0.1) is 11.3 Å². The van der Waals surface area contributed by atoms with Crippen LogP contribution in [0.15, 0.2) is 83.0 Å². The Balaban J connectivity index is 1.47. The number of aromatic nitrogens is 3. The quantitative estimate of drug-likeness (QED) is 0.340. The highest BCUT2D eigenvalue weighted by Crippen LogP contribution is 2.26. The van der Waals surface area contributed by atoms with Gasteiger partial charge in [0.2, 0.25) is 0 Å². The normalized spacial score (nSPS) is 10.7. The van der Waals surface area contributed by atoms with Gasteiger partial charge in [0.05, 0.1) is 0 Å². The van der Waals surface area contributed by atoms with Crippen molar-refractivity contribution in [2.45, 2.75) is 30.1 Å². The number of thiazole rings is 1. The molecule has 3 aromatic heterocycles. The maximum Gasteiger partial charge on any atom is 0.254 e. The molecule has 156 valence electrons. The molecule has 0 spiro atoms. The molecule has 5 nitrogen and oxygen atoms in total. The standard InChI is InChI=1S/C24H22N4OS2/c1-18-16-30-24(27-18)31-17-20-4-6-22(7-5-20)23(29)28(14-19-8-11-25-12-9-19)15-21-3-2-10-26-13-21/h2-13,16H,14-15,17H2,1H3. The van der Waals surface area contributed by atoms with Crippen molar-refractivity contribution in [2.24, 2.45) is 0 Å². The zero-order chi connectivity index (χ0) is 21.5. The van der Waals surface area contributed by atoms with E-state index in [1.165, 1.54) is 5.56 Å². The van der Waals surface area contributed by atoms with E-state index in [9.17, 15) is 4.79 Å². The molecule has 0 aliphatic rings. The van der Waals surface area contributed by atoms with Crippen LogP contribution in [-0.4, -0.2) is 25.8 Å². The van der Waals surface area contributed by atoms with E-state index >= 15 is 0 Å². The third kappa shape index (κ3) is 5.99. The van der Waals surface area contributed by atoms with Gasteiger partial charge in [0.25, 0.3) is 5.91 Å². The molecule has 0 bridgehead atoms. The maximum absolute atomic E-state index is 13.3. The fraction of sp³-hybridized carbons (Fsp3) is 0.167. The summed E-state index contributed by atoms with van der Waals surface area (Å²) in [5.41, 5.74) is 4.94. The van der Waals surface area contributed by atoms with Crippen LogP contribution in [0.25, 0.3) is 0 Å². The number of amides is 1. The van der Waals surface area contributed by atoms with Crippen molar-refractivity contribution in [3.8, 4) is 0 Å². The predicted octanol–water partition coefficient (Wildman–Crippen LogP) is 5.38. The Kier molecular flexibility index (Phi) is 7.07. The van der Waals surface area contributed by atoms with Crippen LogP contribution in [0.4, 0.5) is 0 Å². The van der Waals surface area contributed by atoms with Crippen molar-refractivity contribution in [3.05, 3.63) is 107 Å². The largest absolute Gasteiger partial charge is 0.330 e. The molecule has 0 radical (unpaired) electrons. The Morgan fingerprint density at radius 2 is 1.71 bits per heavy atom. The van der Waals surface area contributed by atoms with Crippen LogP contribution in [0, 0.1) is 6.92 Å². The van der Waals surface area contributed by atoms with Crippen molar-refractivity contribution in [3.63, 3.8) is 0 Å². The summed E-state index contributed by atoms with van der Waals surface area (Å²) in [6.45, 7) is 3.01. The summed E-state index contributed by atoms with van der Waals surface area (Å²) in [5.74, 6) is 0.827. The lowest BCUT2D eigenvalue weighted by atomic mass is 10.1. The number of rotatable bonds is 8. The summed E-state index contributed by atoms with van der Waals surface area (Å²) in [6, 6.07) is 15.6. The minimum atomic E-state index is -0.00424. The average molecular weight is 447 g/mol. The highest BCUT2D eigenvalue weighted by atomic mass is 32.2. The first kappa shape index (κ1) is 21.2. The van der Waals surface area contributed by atoms with Crippen LogP contribution in [0.1, 0.15) is 32.7 Å². The lowest BCUT2D eigenvalue weighted by Crippen LogP contribution is -2.30. The van der Waals surface area contributed by atoms with E-state index in [1.807, 2.05) is 60.4 Å². The summed E-state index contributed by atoms with van der Waals surface area (Å²) in [7, 11) is 0. The molecule has 31 heavy (non-hydrogen) atoms. The summed E-state index contributed by atoms with van der Waals surface area (Å²) in [4.78, 5) is 27.9. The van der Waals surface area contributed by atoms with Crippen LogP contribution < -0.4 is 0 Å². The molecular formula is C24H22N4OS2. The Bertz CT molecular complexity index is 1070. The Labute approximate surface area is 190 Å². The Morgan fingerprint density at radius 1 is 0.935 bits per heavy atom. The minimum Gasteiger partial charge on any atom is -0.330 e. The van der Waals surface area contributed by atoms with E-state index < -0.39 is 0 Å². The van der Waals surface area contributed by atoms with Gasteiger partial charge in [-0.25, -0.2) is 4.98 Å². The number of hydrogen-bond acceptors (Lipinski definition) is 6. The van der Waals surface area contributed by atoms with Gasteiger partial charge < -0.3 is 4.90 Å². The van der Waals surface area contributed by atoms with Gasteiger partial charge >= 0.3 is 0 Å². The second kappa shape index (κ2) is 10.3. The number of carbonyl (C=O) groups excluding carboxylic acids is 1. The van der Waals surface area contributed by atoms with Crippen molar-refractivity contribution in [2.75, 3.05) is 0 Å². The second-order valence-electron chi connectivity index (χ2n) is 7.12. The molecule has 0 aliphatic heterocycles. The number of hydrogen-bond donors (Lipinski definition) is 0. The number of aryl methyl sites for hydroxylation is 1. The zero-order valence-corrected chi connectivity index (χ0v) is 18.8. The smallest absolute Gasteiger partial charge is 0.254 e. The van der Waals surface area contributed by atoms with Gasteiger partial charge in [-0.1, -0.05) is 30.0 Å². The van der Waals surface area contributed by atoms with Crippen molar-refractivity contribution in [1.82, 2.24) is 19.9 Å². The number of nitrogens with zero attached hydrogens (tertiary/aromatic N) is 4. The monoisotopic (exact) mass is 446 g/mol. The van der Waals surface area contributed by atoms with E-state index in [0.717, 1.165) is 26.9 Å². The van der Waals surface area contributed by atoms with Crippen LogP contribution in [0.3, 0.4) is 0 Å². The molecule has 7 heteroatoms. The molecule has 3 heterocycles. The van der Waals surface area contributed by atoms with E-state index in [2.05, 4.69) is 20.3 Å². The molecule has 0 aliphatic carbocycles. The van der Waals surface area contributed by atoms with E-state index in [4.69, 9.17) is 0 Å². The third-order valence-electron chi connectivity index (χ3n) is 4.67. The number of pyridine rings is 2. The lowest BCUT2D eigenvalue weighted by Gasteiger charge is -2.23. The maximum atomic E-state index is 13.3. The van der Waals surface area contributed by atoms with Gasteiger partial charge in [0, 0.05) is 60.3 Å². The van der Waals surface area contributed by atoms with Gasteiger partial charge in [-0.3, -0.25) is 14.8 Å². The first-order valence-corrected chi connectivity index (χ1v) is 11.7.